The van der Waals surface area contributed by atoms with Crippen LogP contribution in [0.4, 0.5) is 0 Å². The van der Waals surface area contributed by atoms with Crippen LogP contribution in [0.25, 0.3) is 0 Å². The van der Waals surface area contributed by atoms with E-state index < -0.39 is 0 Å². The van der Waals surface area contributed by atoms with Gasteiger partial charge < -0.3 is 0 Å². The molecule has 0 aromatic heterocycles. The third-order valence-electron chi connectivity index (χ3n) is 0.600. The Bertz CT molecular complexity index is 101. The molecule has 0 aliphatic carbocycles. The van der Waals surface area contributed by atoms with Gasteiger partial charge in [0.1, 0.15) is 0 Å². The molecule has 0 atom stereocenters. The van der Waals surface area contributed by atoms with Crippen LogP contribution in [0.3, 0.4) is 0 Å². The van der Waals surface area contributed by atoms with Gasteiger partial charge in [-0.1, -0.05) is 0 Å². The molecule has 0 radical (unpaired) electrons. The predicted octanol–water partition coefficient (Wildman–Crippen LogP) is 1.27. The average molecular weight is 130 g/mol. The molecule has 7 heavy (non-hydrogen) atoms. The molecule has 37 valence electrons. The van der Waals surface area contributed by atoms with Crippen molar-refractivity contribution < 1.29 is 17.0 Å². The molecule has 0 amide bonds. The molecule has 0 saturated carbocycles. The Hall–Kier alpha value is -0.0656. The fourth-order valence-electron chi connectivity index (χ4n) is 0.173. The van der Waals surface area contributed by atoms with Crippen molar-refractivity contribution in [1.29, 1.82) is 0 Å². The van der Waals surface area contributed by atoms with Gasteiger partial charge in [-0.05, 0) is 0 Å². The minimum atomic E-state index is 1.08. The molecular formula is C6H7V-. The Labute approximate surface area is 53.4 Å². The van der Waals surface area contributed by atoms with Crippen LogP contribution >= 0.6 is 0 Å². The quantitative estimate of drug-likeness (QED) is 0.390. The maximum absolute atomic E-state index is 5.14. The average Bonchev–Trinajstić information content (AvgIpc) is 1.68. The van der Waals surface area contributed by atoms with Gasteiger partial charge in [0.2, 0.25) is 0 Å². The SMILES string of the molecule is [CH-]=C/C(C)=C\[CH]=[V]. The summed E-state index contributed by atoms with van der Waals surface area (Å²) in [7, 11) is 0. The molecular weight excluding hydrogens is 123 g/mol. The molecule has 0 saturated heterocycles. The molecule has 0 aromatic carbocycles. The van der Waals surface area contributed by atoms with E-state index in [1.807, 2.05) is 17.7 Å². The Morgan fingerprint density at radius 2 is 2.29 bits per heavy atom. The predicted molar refractivity (Wildman–Crippen MR) is 28.7 cm³/mol. The maximum atomic E-state index is 5.14. The molecule has 0 aliphatic heterocycles. The summed E-state index contributed by atoms with van der Waals surface area (Å²) in [6.45, 7) is 7.09. The molecule has 0 aliphatic rings. The zero-order valence-corrected chi connectivity index (χ0v) is 5.65. The van der Waals surface area contributed by atoms with Gasteiger partial charge in [0, 0.05) is 0 Å². The van der Waals surface area contributed by atoms with E-state index in [1.54, 1.807) is 6.08 Å². The van der Waals surface area contributed by atoms with Crippen LogP contribution in [-0.2, 0) is 17.0 Å². The molecule has 0 heterocycles. The van der Waals surface area contributed by atoms with Crippen molar-refractivity contribution in [2.24, 2.45) is 0 Å². The van der Waals surface area contributed by atoms with Crippen LogP contribution in [0.5, 0.6) is 0 Å². The van der Waals surface area contributed by atoms with Crippen molar-refractivity contribution >= 4 is 4.73 Å². The molecule has 0 bridgehead atoms. The summed E-state index contributed by atoms with van der Waals surface area (Å²) >= 11 is 2.35. The first-order valence-electron chi connectivity index (χ1n) is 2.00. The van der Waals surface area contributed by atoms with E-state index in [9.17, 15) is 0 Å². The third-order valence-corrected chi connectivity index (χ3v) is 0.833. The van der Waals surface area contributed by atoms with Crippen LogP contribution in [0.1, 0.15) is 6.92 Å². The summed E-state index contributed by atoms with van der Waals surface area (Å²) < 4.78 is 1.89. The van der Waals surface area contributed by atoms with Crippen molar-refractivity contribution in [3.05, 3.63) is 24.3 Å². The Kier molecular flexibility index (Phi) is 4.06. The molecule has 0 aromatic rings. The van der Waals surface area contributed by atoms with E-state index in [0.29, 0.717) is 0 Å². The Balaban J connectivity index is 3.72. The molecule has 0 rings (SSSR count). The van der Waals surface area contributed by atoms with E-state index in [0.717, 1.165) is 5.57 Å². The second kappa shape index (κ2) is 4.10. The van der Waals surface area contributed by atoms with Crippen molar-refractivity contribution in [2.45, 2.75) is 6.92 Å². The van der Waals surface area contributed by atoms with Crippen LogP contribution in [0.15, 0.2) is 17.7 Å². The summed E-state index contributed by atoms with van der Waals surface area (Å²) in [6.07, 6.45) is 3.50. The first-order valence-corrected chi connectivity index (χ1v) is 2.81. The van der Waals surface area contributed by atoms with Crippen molar-refractivity contribution in [1.82, 2.24) is 0 Å². The summed E-state index contributed by atoms with van der Waals surface area (Å²) in [5.74, 6) is 0. The number of allylic oxidation sites excluding steroid dienone is 3. The molecule has 0 N–H and O–H groups in total. The summed E-state index contributed by atoms with van der Waals surface area (Å²) in [5, 5.41) is 0. The van der Waals surface area contributed by atoms with Crippen LogP contribution in [0.2, 0.25) is 0 Å². The second-order valence-electron chi connectivity index (χ2n) is 1.23. The minimum absolute atomic E-state index is 1.08. The van der Waals surface area contributed by atoms with Gasteiger partial charge in [0.25, 0.3) is 0 Å². The molecule has 0 unspecified atom stereocenters. The van der Waals surface area contributed by atoms with Gasteiger partial charge in [0.15, 0.2) is 0 Å². The Morgan fingerprint density at radius 3 is 2.43 bits per heavy atom. The van der Waals surface area contributed by atoms with Gasteiger partial charge in [-0.15, -0.1) is 0 Å². The van der Waals surface area contributed by atoms with E-state index in [4.69, 9.17) is 6.58 Å². The Morgan fingerprint density at radius 1 is 1.71 bits per heavy atom. The van der Waals surface area contributed by atoms with E-state index in [2.05, 4.69) is 17.0 Å². The third kappa shape index (κ3) is 3.77. The number of hydrogen-bond acceptors (Lipinski definition) is 0. The first-order chi connectivity index (χ1) is 3.31. The normalized spacial score (nSPS) is 10.6. The standard InChI is InChI=1S/C6H7.V/c1-4-6(3)5-2;/h1-2,4-5H,3H3;/q-1;/b6-4-;. The topological polar surface area (TPSA) is 0 Å². The van der Waals surface area contributed by atoms with Crippen molar-refractivity contribution in [2.75, 3.05) is 0 Å². The molecule has 0 fully saturated rings. The van der Waals surface area contributed by atoms with E-state index >= 15 is 0 Å². The number of hydrogen-bond donors (Lipinski definition) is 0. The van der Waals surface area contributed by atoms with E-state index in [-0.39, 0.29) is 0 Å². The van der Waals surface area contributed by atoms with E-state index in [1.165, 1.54) is 0 Å². The summed E-state index contributed by atoms with van der Waals surface area (Å²) in [4.78, 5) is 0. The second-order valence-corrected chi connectivity index (χ2v) is 1.69. The van der Waals surface area contributed by atoms with Crippen LogP contribution in [-0.4, -0.2) is 4.73 Å². The van der Waals surface area contributed by atoms with Gasteiger partial charge in [-0.3, -0.25) is 0 Å². The summed E-state index contributed by atoms with van der Waals surface area (Å²) in [6, 6.07) is 0. The summed E-state index contributed by atoms with van der Waals surface area (Å²) in [5.41, 5.74) is 1.08. The fraction of sp³-hybridized carbons (Fsp3) is 0.167. The monoisotopic (exact) mass is 130 g/mol. The fourth-order valence-corrected chi connectivity index (χ4v) is 0.540. The van der Waals surface area contributed by atoms with Gasteiger partial charge in [-0.25, -0.2) is 0 Å². The van der Waals surface area contributed by atoms with Gasteiger partial charge >= 0.3 is 52.9 Å². The first kappa shape index (κ1) is 6.93. The van der Waals surface area contributed by atoms with Crippen LogP contribution in [0, 0.1) is 6.58 Å². The van der Waals surface area contributed by atoms with Crippen molar-refractivity contribution in [3.8, 4) is 0 Å². The number of rotatable bonds is 2. The molecule has 0 nitrogen and oxygen atoms in total. The van der Waals surface area contributed by atoms with Crippen LogP contribution < -0.4 is 0 Å². The van der Waals surface area contributed by atoms with Crippen molar-refractivity contribution in [3.63, 3.8) is 0 Å². The zero-order chi connectivity index (χ0) is 5.70. The van der Waals surface area contributed by atoms with Gasteiger partial charge in [-0.2, -0.15) is 0 Å². The zero-order valence-electron chi connectivity index (χ0n) is 4.26. The molecule has 0 spiro atoms. The van der Waals surface area contributed by atoms with Gasteiger partial charge in [0.05, 0.1) is 0 Å². The molecule has 1 heteroatoms.